The number of alkyl halides is 3. The second-order valence-corrected chi connectivity index (χ2v) is 6.74. The first kappa shape index (κ1) is 18.6. The van der Waals surface area contributed by atoms with Gasteiger partial charge in [-0.25, -0.2) is 8.42 Å². The molecule has 0 atom stereocenters. The predicted molar refractivity (Wildman–Crippen MR) is 76.4 cm³/mol. The minimum Gasteiger partial charge on any atom is -0.465 e. The van der Waals surface area contributed by atoms with Gasteiger partial charge in [-0.3, -0.25) is 4.31 Å². The molecule has 22 heavy (non-hydrogen) atoms. The van der Waals surface area contributed by atoms with Gasteiger partial charge < -0.3 is 9.47 Å². The molecule has 0 spiro atoms. The molecule has 5 nitrogen and oxygen atoms in total. The van der Waals surface area contributed by atoms with Crippen LogP contribution in [0.25, 0.3) is 0 Å². The van der Waals surface area contributed by atoms with Crippen molar-refractivity contribution in [2.24, 2.45) is 0 Å². The second-order valence-electron chi connectivity index (χ2n) is 4.88. The maximum absolute atomic E-state index is 12.8. The van der Waals surface area contributed by atoms with E-state index in [1.807, 2.05) is 0 Å². The Balaban J connectivity index is 3.45. The van der Waals surface area contributed by atoms with Crippen molar-refractivity contribution in [2.45, 2.75) is 26.1 Å². The van der Waals surface area contributed by atoms with E-state index in [-0.39, 0.29) is 18.2 Å². The van der Waals surface area contributed by atoms with E-state index < -0.39 is 27.8 Å². The number of nitrogens with zero attached hydrogens (tertiary/aromatic N) is 1. The molecular weight excluding hydrogens is 323 g/mol. The third-order valence-corrected chi connectivity index (χ3v) is 4.02. The molecule has 9 heteroatoms. The Bertz CT molecular complexity index is 614. The minimum atomic E-state index is -4.56. The standard InChI is InChI=1S/C13H18F3NO4S/c1-9(2)17(22(4,18)19)11-6-5-10(13(14,15)16)7-12(11)21-8-20-3/h5-7,9H,8H2,1-4H3. The van der Waals surface area contributed by atoms with Crippen molar-refractivity contribution in [3.63, 3.8) is 0 Å². The van der Waals surface area contributed by atoms with Crippen LogP contribution in [0.5, 0.6) is 5.75 Å². The number of anilines is 1. The maximum Gasteiger partial charge on any atom is 0.416 e. The zero-order chi connectivity index (χ0) is 17.1. The first-order valence-corrected chi connectivity index (χ1v) is 8.15. The highest BCUT2D eigenvalue weighted by Gasteiger charge is 2.33. The predicted octanol–water partition coefficient (Wildman–Crippen LogP) is 2.86. The van der Waals surface area contributed by atoms with Gasteiger partial charge in [0.1, 0.15) is 5.75 Å². The molecule has 1 aromatic carbocycles. The topological polar surface area (TPSA) is 55.8 Å². The van der Waals surface area contributed by atoms with Crippen molar-refractivity contribution in [1.29, 1.82) is 0 Å². The summed E-state index contributed by atoms with van der Waals surface area (Å²) in [4.78, 5) is 0. The average Bonchev–Trinajstić information content (AvgIpc) is 2.34. The van der Waals surface area contributed by atoms with Gasteiger partial charge in [0.05, 0.1) is 17.5 Å². The van der Waals surface area contributed by atoms with Gasteiger partial charge in [-0.15, -0.1) is 0 Å². The van der Waals surface area contributed by atoms with Crippen LogP contribution >= 0.6 is 0 Å². The Morgan fingerprint density at radius 2 is 1.86 bits per heavy atom. The van der Waals surface area contributed by atoms with Crippen LogP contribution in [0.4, 0.5) is 18.9 Å². The van der Waals surface area contributed by atoms with Gasteiger partial charge in [-0.05, 0) is 32.0 Å². The third-order valence-electron chi connectivity index (χ3n) is 2.68. The lowest BCUT2D eigenvalue weighted by Crippen LogP contribution is -2.36. The molecule has 0 bridgehead atoms. The molecule has 0 saturated heterocycles. The SMILES string of the molecule is COCOc1cc(C(F)(F)F)ccc1N(C(C)C)S(C)(=O)=O. The normalized spacial score (nSPS) is 12.5. The Morgan fingerprint density at radius 1 is 1.27 bits per heavy atom. The van der Waals surface area contributed by atoms with Crippen molar-refractivity contribution in [1.82, 2.24) is 0 Å². The van der Waals surface area contributed by atoms with Gasteiger partial charge in [-0.1, -0.05) is 0 Å². The summed E-state index contributed by atoms with van der Waals surface area (Å²) < 4.78 is 73.0. The van der Waals surface area contributed by atoms with E-state index in [0.717, 1.165) is 28.8 Å². The molecule has 0 aliphatic rings. The van der Waals surface area contributed by atoms with Crippen LogP contribution in [-0.4, -0.2) is 34.6 Å². The van der Waals surface area contributed by atoms with Gasteiger partial charge in [0, 0.05) is 13.2 Å². The van der Waals surface area contributed by atoms with Crippen molar-refractivity contribution < 1.29 is 31.1 Å². The van der Waals surface area contributed by atoms with Crippen LogP contribution < -0.4 is 9.04 Å². The molecule has 0 aliphatic carbocycles. The number of hydrogen-bond acceptors (Lipinski definition) is 4. The molecule has 1 aromatic rings. The summed E-state index contributed by atoms with van der Waals surface area (Å²) in [5, 5.41) is 0. The number of ether oxygens (including phenoxy) is 2. The van der Waals surface area contributed by atoms with Gasteiger partial charge in [0.2, 0.25) is 10.0 Å². The molecule has 0 saturated carbocycles. The van der Waals surface area contributed by atoms with Crippen LogP contribution in [0.1, 0.15) is 19.4 Å². The first-order valence-electron chi connectivity index (χ1n) is 6.31. The van der Waals surface area contributed by atoms with Crippen LogP contribution in [0.2, 0.25) is 0 Å². The number of rotatable bonds is 6. The molecule has 0 aliphatic heterocycles. The molecule has 0 radical (unpaired) electrons. The van der Waals surface area contributed by atoms with Crippen LogP contribution in [0.3, 0.4) is 0 Å². The molecule has 0 unspecified atom stereocenters. The molecule has 0 aromatic heterocycles. The van der Waals surface area contributed by atoms with Crippen molar-refractivity contribution >= 4 is 15.7 Å². The number of halogens is 3. The highest BCUT2D eigenvalue weighted by atomic mass is 32.2. The molecule has 0 heterocycles. The van der Waals surface area contributed by atoms with E-state index in [9.17, 15) is 21.6 Å². The number of hydrogen-bond donors (Lipinski definition) is 0. The molecular formula is C13H18F3NO4S. The number of sulfonamides is 1. The number of benzene rings is 1. The molecule has 0 N–H and O–H groups in total. The summed E-state index contributed by atoms with van der Waals surface area (Å²) in [5.74, 6) is -0.212. The van der Waals surface area contributed by atoms with E-state index in [1.165, 1.54) is 7.11 Å². The Hall–Kier alpha value is -1.48. The van der Waals surface area contributed by atoms with Crippen LogP contribution in [0, 0.1) is 0 Å². The summed E-state index contributed by atoms with van der Waals surface area (Å²) in [7, 11) is -2.37. The quantitative estimate of drug-likeness (QED) is 0.747. The average molecular weight is 341 g/mol. The van der Waals surface area contributed by atoms with E-state index in [1.54, 1.807) is 13.8 Å². The van der Waals surface area contributed by atoms with Crippen LogP contribution in [0.15, 0.2) is 18.2 Å². The third kappa shape index (κ3) is 4.51. The molecule has 0 amide bonds. The van der Waals surface area contributed by atoms with E-state index >= 15 is 0 Å². The monoisotopic (exact) mass is 341 g/mol. The molecule has 0 fully saturated rings. The summed E-state index contributed by atoms with van der Waals surface area (Å²) in [6.07, 6.45) is -3.58. The van der Waals surface area contributed by atoms with E-state index in [0.29, 0.717) is 0 Å². The summed E-state index contributed by atoms with van der Waals surface area (Å²) >= 11 is 0. The van der Waals surface area contributed by atoms with Crippen molar-refractivity contribution in [2.75, 3.05) is 24.5 Å². The van der Waals surface area contributed by atoms with Gasteiger partial charge in [0.15, 0.2) is 6.79 Å². The van der Waals surface area contributed by atoms with Gasteiger partial charge in [-0.2, -0.15) is 13.2 Å². The van der Waals surface area contributed by atoms with Crippen molar-refractivity contribution in [3.8, 4) is 5.75 Å². The minimum absolute atomic E-state index is 0.0301. The van der Waals surface area contributed by atoms with E-state index in [4.69, 9.17) is 4.74 Å². The van der Waals surface area contributed by atoms with Gasteiger partial charge in [0.25, 0.3) is 0 Å². The Morgan fingerprint density at radius 3 is 2.27 bits per heavy atom. The number of methoxy groups -OCH3 is 1. The highest BCUT2D eigenvalue weighted by molar-refractivity contribution is 7.92. The fourth-order valence-electron chi connectivity index (χ4n) is 1.95. The van der Waals surface area contributed by atoms with Crippen LogP contribution in [-0.2, 0) is 20.9 Å². The Kier molecular flexibility index (Phi) is 5.69. The van der Waals surface area contributed by atoms with Gasteiger partial charge >= 0.3 is 6.18 Å². The zero-order valence-corrected chi connectivity index (χ0v) is 13.5. The highest BCUT2D eigenvalue weighted by Crippen LogP contribution is 2.38. The molecule has 1 rings (SSSR count). The van der Waals surface area contributed by atoms with Crippen molar-refractivity contribution in [3.05, 3.63) is 23.8 Å². The first-order chi connectivity index (χ1) is 9.98. The lowest BCUT2D eigenvalue weighted by atomic mass is 10.1. The summed E-state index contributed by atoms with van der Waals surface area (Å²) in [6, 6.07) is 2.16. The summed E-state index contributed by atoms with van der Waals surface area (Å²) in [5.41, 5.74) is -0.901. The largest absolute Gasteiger partial charge is 0.465 e. The smallest absolute Gasteiger partial charge is 0.416 e. The lowest BCUT2D eigenvalue weighted by Gasteiger charge is -2.28. The second kappa shape index (κ2) is 6.74. The Labute approximate surface area is 127 Å². The zero-order valence-electron chi connectivity index (χ0n) is 12.6. The maximum atomic E-state index is 12.8. The fourth-order valence-corrected chi connectivity index (χ4v) is 3.22. The lowest BCUT2D eigenvalue weighted by molar-refractivity contribution is -0.137. The van der Waals surface area contributed by atoms with E-state index in [2.05, 4.69) is 4.74 Å². The summed E-state index contributed by atoms with van der Waals surface area (Å²) in [6.45, 7) is 2.92. The molecule has 126 valence electrons. The fraction of sp³-hybridized carbons (Fsp3) is 0.538.